The maximum absolute atomic E-state index is 2.32. The first-order chi connectivity index (χ1) is 10.1. The Balaban J connectivity index is 0.000000509. The summed E-state index contributed by atoms with van der Waals surface area (Å²) in [6, 6.07) is 13.0. The van der Waals surface area contributed by atoms with E-state index in [2.05, 4.69) is 91.8 Å². The number of aryl methyl sites for hydroxylation is 2. The molecule has 0 amide bonds. The van der Waals surface area contributed by atoms with Crippen LogP contribution in [0.2, 0.25) is 0 Å². The number of hydrogen-bond acceptors (Lipinski definition) is 0. The van der Waals surface area contributed by atoms with Crippen LogP contribution in [0, 0.1) is 0 Å². The van der Waals surface area contributed by atoms with Crippen molar-refractivity contribution < 1.29 is 17.1 Å². The van der Waals surface area contributed by atoms with Gasteiger partial charge in [-0.05, 0) is 5.41 Å². The molecule has 0 heterocycles. The van der Waals surface area contributed by atoms with Crippen LogP contribution < -0.4 is 0 Å². The Morgan fingerprint density at radius 1 is 0.783 bits per heavy atom. The minimum absolute atomic E-state index is 0. The quantitative estimate of drug-likeness (QED) is 0.425. The van der Waals surface area contributed by atoms with Crippen LogP contribution in [-0.2, 0) is 40.7 Å². The van der Waals surface area contributed by atoms with Gasteiger partial charge in [0.25, 0.3) is 0 Å². The van der Waals surface area contributed by atoms with Gasteiger partial charge in [0.05, 0.1) is 0 Å². The number of rotatable bonds is 2. The van der Waals surface area contributed by atoms with Gasteiger partial charge >= 0.3 is 17.1 Å². The second-order valence-corrected chi connectivity index (χ2v) is 8.15. The van der Waals surface area contributed by atoms with Crippen molar-refractivity contribution in [3.8, 4) is 0 Å². The van der Waals surface area contributed by atoms with Gasteiger partial charge in [0, 0.05) is 0 Å². The Kier molecular flexibility index (Phi) is 8.60. The van der Waals surface area contributed by atoms with Crippen molar-refractivity contribution in [3.05, 3.63) is 58.7 Å². The van der Waals surface area contributed by atoms with Gasteiger partial charge in [-0.3, -0.25) is 0 Å². The monoisotopic (exact) mass is 354 g/mol. The summed E-state index contributed by atoms with van der Waals surface area (Å²) in [6.07, 6.45) is 2.30. The summed E-state index contributed by atoms with van der Waals surface area (Å²) in [5, 5.41) is 0. The van der Waals surface area contributed by atoms with E-state index in [9.17, 15) is 0 Å². The third-order valence-electron chi connectivity index (χ3n) is 4.12. The van der Waals surface area contributed by atoms with Gasteiger partial charge in [-0.1, -0.05) is 73.6 Å². The molecule has 0 bridgehead atoms. The van der Waals surface area contributed by atoms with E-state index in [0.717, 1.165) is 12.8 Å². The molecule has 0 unspecified atom stereocenters. The maximum Gasteiger partial charge on any atom is 2.00 e. The third-order valence-corrected chi connectivity index (χ3v) is 4.12. The Hall–Kier alpha value is -0.781. The standard InChI is InChI=1S/C15H25.C7H9.Fe/c1-8-11-9-10-12(14(2,3)4)13(11)15(5,6)7;1-2-7-5-3-4-6-7;/h9-10H,8H2,1-7H3;3-6H,2H2,1H3;/q2*-1;+2. The van der Waals surface area contributed by atoms with E-state index in [-0.39, 0.29) is 27.9 Å². The van der Waals surface area contributed by atoms with Crippen LogP contribution in [0.3, 0.4) is 0 Å². The summed E-state index contributed by atoms with van der Waals surface area (Å²) >= 11 is 0. The summed E-state index contributed by atoms with van der Waals surface area (Å²) in [4.78, 5) is 0. The summed E-state index contributed by atoms with van der Waals surface area (Å²) in [7, 11) is 0. The van der Waals surface area contributed by atoms with Gasteiger partial charge in [0.1, 0.15) is 0 Å². The van der Waals surface area contributed by atoms with Crippen LogP contribution >= 0.6 is 0 Å². The van der Waals surface area contributed by atoms with Gasteiger partial charge in [-0.15, -0.1) is 0 Å². The fourth-order valence-electron chi connectivity index (χ4n) is 2.98. The molecule has 0 fully saturated rings. The zero-order valence-corrected chi connectivity index (χ0v) is 17.3. The van der Waals surface area contributed by atoms with E-state index < -0.39 is 0 Å². The molecule has 0 N–H and O–H groups in total. The molecular weight excluding hydrogens is 320 g/mol. The molecule has 0 saturated heterocycles. The normalized spacial score (nSPS) is 11.5. The zero-order valence-electron chi connectivity index (χ0n) is 16.2. The molecule has 0 aliphatic heterocycles. The molecule has 2 rings (SSSR count). The van der Waals surface area contributed by atoms with E-state index in [1.165, 1.54) is 16.7 Å². The van der Waals surface area contributed by atoms with Crippen LogP contribution in [0.1, 0.15) is 77.6 Å². The Labute approximate surface area is 154 Å². The third kappa shape index (κ3) is 6.32. The van der Waals surface area contributed by atoms with Crippen molar-refractivity contribution in [2.24, 2.45) is 0 Å². The first-order valence-corrected chi connectivity index (χ1v) is 8.61. The minimum atomic E-state index is 0. The molecular formula is C22H34Fe. The maximum atomic E-state index is 2.32. The SMILES string of the molecule is CC[c-]1ccc(C(C)(C)C)c1C(C)(C)C.CC[c-]1cccc1.[Fe+2]. The molecule has 0 atom stereocenters. The molecule has 23 heavy (non-hydrogen) atoms. The molecule has 0 radical (unpaired) electrons. The Bertz CT molecular complexity index is 542. The molecule has 0 aromatic heterocycles. The van der Waals surface area contributed by atoms with Gasteiger partial charge in [0.2, 0.25) is 0 Å². The van der Waals surface area contributed by atoms with Crippen LogP contribution in [-0.4, -0.2) is 0 Å². The second kappa shape index (κ2) is 8.90. The Morgan fingerprint density at radius 3 is 1.61 bits per heavy atom. The van der Waals surface area contributed by atoms with Crippen LogP contribution in [0.25, 0.3) is 0 Å². The summed E-state index contributed by atoms with van der Waals surface area (Å²) in [5.41, 5.74) is 6.56. The van der Waals surface area contributed by atoms with Gasteiger partial charge < -0.3 is 0 Å². The average Bonchev–Trinajstić information content (AvgIpc) is 3.06. The molecule has 0 aliphatic carbocycles. The van der Waals surface area contributed by atoms with E-state index in [0.29, 0.717) is 0 Å². The fraction of sp³-hybridized carbons (Fsp3) is 0.545. The van der Waals surface area contributed by atoms with Crippen molar-refractivity contribution in [2.45, 2.75) is 79.1 Å². The zero-order chi connectivity index (χ0) is 17.0. The van der Waals surface area contributed by atoms with Crippen LogP contribution in [0.4, 0.5) is 0 Å². The van der Waals surface area contributed by atoms with E-state index in [1.54, 1.807) is 5.56 Å². The van der Waals surface area contributed by atoms with Crippen molar-refractivity contribution in [3.63, 3.8) is 0 Å². The van der Waals surface area contributed by atoms with Crippen LogP contribution in [0.5, 0.6) is 0 Å². The average molecular weight is 354 g/mol. The minimum Gasteiger partial charge on any atom is -0.213 e. The summed E-state index contributed by atoms with van der Waals surface area (Å²) in [6.45, 7) is 18.3. The Morgan fingerprint density at radius 2 is 1.30 bits per heavy atom. The first-order valence-electron chi connectivity index (χ1n) is 8.61. The molecule has 0 aliphatic rings. The van der Waals surface area contributed by atoms with Crippen LogP contribution in [0.15, 0.2) is 36.4 Å². The molecule has 0 saturated carbocycles. The number of hydrogen-bond donors (Lipinski definition) is 0. The molecule has 2 aromatic rings. The van der Waals surface area contributed by atoms with Gasteiger partial charge in [0.15, 0.2) is 0 Å². The van der Waals surface area contributed by atoms with Gasteiger partial charge in [-0.2, -0.15) is 40.5 Å². The molecule has 130 valence electrons. The van der Waals surface area contributed by atoms with Crippen molar-refractivity contribution in [1.82, 2.24) is 0 Å². The smallest absolute Gasteiger partial charge is 0.213 e. The first kappa shape index (κ1) is 22.2. The molecule has 0 nitrogen and oxygen atoms in total. The largest absolute Gasteiger partial charge is 2.00 e. The van der Waals surface area contributed by atoms with Crippen molar-refractivity contribution in [2.75, 3.05) is 0 Å². The van der Waals surface area contributed by atoms with Crippen molar-refractivity contribution in [1.29, 1.82) is 0 Å². The topological polar surface area (TPSA) is 0 Å². The molecule has 2 aromatic carbocycles. The predicted molar refractivity (Wildman–Crippen MR) is 100 cm³/mol. The van der Waals surface area contributed by atoms with E-state index in [4.69, 9.17) is 0 Å². The summed E-state index contributed by atoms with van der Waals surface area (Å²) in [5.74, 6) is 0. The van der Waals surface area contributed by atoms with E-state index in [1.807, 2.05) is 0 Å². The summed E-state index contributed by atoms with van der Waals surface area (Å²) < 4.78 is 0. The molecule has 0 spiro atoms. The van der Waals surface area contributed by atoms with E-state index >= 15 is 0 Å². The van der Waals surface area contributed by atoms with Crippen molar-refractivity contribution >= 4 is 0 Å². The molecule has 1 heteroatoms. The second-order valence-electron chi connectivity index (χ2n) is 8.15. The van der Waals surface area contributed by atoms with Gasteiger partial charge in [-0.25, -0.2) is 18.2 Å². The predicted octanol–water partition coefficient (Wildman–Crippen LogP) is 6.53. The fourth-order valence-corrected chi connectivity index (χ4v) is 2.98.